The fourth-order valence-corrected chi connectivity index (χ4v) is 2.45. The molecule has 1 heterocycles. The molecule has 21 heavy (non-hydrogen) atoms. The number of nitrogens with zero attached hydrogens (tertiary/aromatic N) is 1. The quantitative estimate of drug-likeness (QED) is 0.740. The first-order valence-electron chi connectivity index (χ1n) is 6.91. The van der Waals surface area contributed by atoms with Crippen molar-refractivity contribution in [1.29, 1.82) is 0 Å². The van der Waals surface area contributed by atoms with Crippen LogP contribution in [0.25, 0.3) is 23.2 Å². The molecular weight excluding hydrogens is 258 g/mol. The zero-order valence-corrected chi connectivity index (χ0v) is 12.2. The standard InChI is InChI=1S/C19H17NO/c1-12-8-9-15(10-13(12)2)19(21)17-11-20-18-7-5-4-6-16(18)14(17)3/h4-11,21H,3H2,1-2H3. The van der Waals surface area contributed by atoms with Gasteiger partial charge in [0.1, 0.15) is 5.76 Å². The van der Waals surface area contributed by atoms with Gasteiger partial charge in [-0.3, -0.25) is 4.98 Å². The molecule has 0 spiro atoms. The lowest BCUT2D eigenvalue weighted by atomic mass is 10.0. The van der Waals surface area contributed by atoms with Gasteiger partial charge in [0, 0.05) is 22.4 Å². The van der Waals surface area contributed by atoms with E-state index in [-0.39, 0.29) is 5.76 Å². The molecule has 0 aliphatic carbocycles. The summed E-state index contributed by atoms with van der Waals surface area (Å²) in [6, 6.07) is 13.7. The van der Waals surface area contributed by atoms with Crippen LogP contribution in [0.3, 0.4) is 0 Å². The zero-order chi connectivity index (χ0) is 15.0. The van der Waals surface area contributed by atoms with E-state index in [2.05, 4.69) is 18.5 Å². The highest BCUT2D eigenvalue weighted by Crippen LogP contribution is 2.14. The molecule has 2 nitrogen and oxygen atoms in total. The summed E-state index contributed by atoms with van der Waals surface area (Å²) < 4.78 is 0. The van der Waals surface area contributed by atoms with Crippen molar-refractivity contribution in [2.45, 2.75) is 13.8 Å². The topological polar surface area (TPSA) is 33.1 Å². The van der Waals surface area contributed by atoms with Gasteiger partial charge in [0.15, 0.2) is 0 Å². The van der Waals surface area contributed by atoms with Crippen LogP contribution in [0.15, 0.2) is 48.7 Å². The number of pyridine rings is 1. The van der Waals surface area contributed by atoms with E-state index in [1.807, 2.05) is 49.4 Å². The number of aryl methyl sites for hydroxylation is 2. The Morgan fingerprint density at radius 1 is 1.05 bits per heavy atom. The molecule has 3 aromatic rings. The second kappa shape index (κ2) is 5.06. The van der Waals surface area contributed by atoms with Crippen LogP contribution in [0, 0.1) is 13.8 Å². The van der Waals surface area contributed by atoms with Gasteiger partial charge in [-0.25, -0.2) is 0 Å². The Morgan fingerprint density at radius 3 is 2.57 bits per heavy atom. The molecule has 0 aliphatic rings. The molecule has 2 aromatic carbocycles. The van der Waals surface area contributed by atoms with Gasteiger partial charge >= 0.3 is 0 Å². The third kappa shape index (κ3) is 2.29. The van der Waals surface area contributed by atoms with Gasteiger partial charge in [-0.1, -0.05) is 36.9 Å². The van der Waals surface area contributed by atoms with E-state index in [0.29, 0.717) is 5.22 Å². The van der Waals surface area contributed by atoms with Crippen molar-refractivity contribution in [1.82, 2.24) is 4.98 Å². The molecule has 0 amide bonds. The molecule has 0 bridgehead atoms. The Hall–Kier alpha value is -2.61. The number of fused-ring (bicyclic) bond motifs is 1. The third-order valence-corrected chi connectivity index (χ3v) is 3.92. The first kappa shape index (κ1) is 13.4. The summed E-state index contributed by atoms with van der Waals surface area (Å²) >= 11 is 0. The maximum absolute atomic E-state index is 10.6. The maximum atomic E-state index is 10.6. The molecule has 3 rings (SSSR count). The van der Waals surface area contributed by atoms with Crippen LogP contribution < -0.4 is 10.4 Å². The van der Waals surface area contributed by atoms with Crippen LogP contribution in [-0.4, -0.2) is 10.1 Å². The summed E-state index contributed by atoms with van der Waals surface area (Å²) in [5.41, 5.74) is 4.04. The zero-order valence-electron chi connectivity index (χ0n) is 12.2. The number of rotatable bonds is 1. The molecular formula is C19H17NO. The Bertz CT molecular complexity index is 941. The maximum Gasteiger partial charge on any atom is 0.132 e. The summed E-state index contributed by atoms with van der Waals surface area (Å²) in [6.07, 6.45) is 1.69. The first-order chi connectivity index (χ1) is 10.1. The molecule has 1 aromatic heterocycles. The average Bonchev–Trinajstić information content (AvgIpc) is 2.50. The van der Waals surface area contributed by atoms with Crippen LogP contribution in [0.1, 0.15) is 16.7 Å². The van der Waals surface area contributed by atoms with Crippen LogP contribution >= 0.6 is 0 Å². The van der Waals surface area contributed by atoms with Gasteiger partial charge in [-0.05, 0) is 42.3 Å². The van der Waals surface area contributed by atoms with Crippen molar-refractivity contribution in [3.63, 3.8) is 0 Å². The predicted octanol–water partition coefficient (Wildman–Crippen LogP) is 2.98. The van der Waals surface area contributed by atoms with E-state index in [9.17, 15) is 5.11 Å². The number of hydrogen-bond acceptors (Lipinski definition) is 2. The second-order valence-corrected chi connectivity index (χ2v) is 5.32. The number of aliphatic hydroxyl groups excluding tert-OH is 1. The molecule has 0 saturated heterocycles. The van der Waals surface area contributed by atoms with Crippen molar-refractivity contribution < 1.29 is 5.11 Å². The summed E-state index contributed by atoms with van der Waals surface area (Å²) in [4.78, 5) is 4.41. The van der Waals surface area contributed by atoms with Crippen LogP contribution in [-0.2, 0) is 0 Å². The highest BCUT2D eigenvalue weighted by atomic mass is 16.3. The highest BCUT2D eigenvalue weighted by Gasteiger charge is 2.05. The summed E-state index contributed by atoms with van der Waals surface area (Å²) in [5.74, 6) is 0.223. The average molecular weight is 275 g/mol. The minimum absolute atomic E-state index is 0.223. The van der Waals surface area contributed by atoms with Crippen LogP contribution in [0.5, 0.6) is 0 Å². The fraction of sp³-hybridized carbons (Fsp3) is 0.105. The van der Waals surface area contributed by atoms with Gasteiger partial charge < -0.3 is 5.11 Å². The van der Waals surface area contributed by atoms with Crippen molar-refractivity contribution in [2.24, 2.45) is 0 Å². The van der Waals surface area contributed by atoms with Gasteiger partial charge in [0.2, 0.25) is 0 Å². The van der Waals surface area contributed by atoms with Gasteiger partial charge in [0.05, 0.1) is 5.52 Å². The van der Waals surface area contributed by atoms with Crippen LogP contribution in [0.2, 0.25) is 0 Å². The lowest BCUT2D eigenvalue weighted by Gasteiger charge is -2.06. The van der Waals surface area contributed by atoms with E-state index in [1.165, 1.54) is 5.56 Å². The Labute approximate surface area is 123 Å². The molecule has 0 aliphatic heterocycles. The molecule has 0 radical (unpaired) electrons. The lowest BCUT2D eigenvalue weighted by molar-refractivity contribution is 0.507. The molecule has 0 unspecified atom stereocenters. The number of aromatic nitrogens is 1. The number of aliphatic hydroxyl groups is 1. The third-order valence-electron chi connectivity index (χ3n) is 3.92. The van der Waals surface area contributed by atoms with E-state index < -0.39 is 0 Å². The molecule has 0 fully saturated rings. The highest BCUT2D eigenvalue weighted by molar-refractivity contribution is 5.79. The van der Waals surface area contributed by atoms with Gasteiger partial charge in [-0.2, -0.15) is 0 Å². The van der Waals surface area contributed by atoms with Crippen molar-refractivity contribution in [3.05, 3.63) is 75.8 Å². The van der Waals surface area contributed by atoms with Gasteiger partial charge in [-0.15, -0.1) is 0 Å². The largest absolute Gasteiger partial charge is 0.507 e. The van der Waals surface area contributed by atoms with E-state index >= 15 is 0 Å². The normalized spacial score (nSPS) is 12.5. The Morgan fingerprint density at radius 2 is 1.81 bits per heavy atom. The van der Waals surface area contributed by atoms with Crippen molar-refractivity contribution in [3.8, 4) is 0 Å². The monoisotopic (exact) mass is 275 g/mol. The molecule has 2 heteroatoms. The van der Waals surface area contributed by atoms with Crippen molar-refractivity contribution >= 4 is 23.2 Å². The van der Waals surface area contributed by atoms with Gasteiger partial charge in [0.25, 0.3) is 0 Å². The van der Waals surface area contributed by atoms with Crippen LogP contribution in [0.4, 0.5) is 0 Å². The molecule has 104 valence electrons. The van der Waals surface area contributed by atoms with E-state index in [1.54, 1.807) is 6.20 Å². The lowest BCUT2D eigenvalue weighted by Crippen LogP contribution is -2.27. The smallest absolute Gasteiger partial charge is 0.132 e. The van der Waals surface area contributed by atoms with E-state index in [4.69, 9.17) is 0 Å². The second-order valence-electron chi connectivity index (χ2n) is 5.32. The summed E-state index contributed by atoms with van der Waals surface area (Å²) in [5, 5.41) is 13.0. The Balaban J connectivity index is 2.33. The molecule has 1 N–H and O–H groups in total. The number of benzene rings is 2. The minimum Gasteiger partial charge on any atom is -0.507 e. The predicted molar refractivity (Wildman–Crippen MR) is 87.6 cm³/mol. The summed E-state index contributed by atoms with van der Waals surface area (Å²) in [7, 11) is 0. The Kier molecular flexibility index (Phi) is 3.22. The number of para-hydroxylation sites is 1. The summed E-state index contributed by atoms with van der Waals surface area (Å²) in [6.45, 7) is 8.21. The number of hydrogen-bond donors (Lipinski definition) is 1. The first-order valence-corrected chi connectivity index (χ1v) is 6.91. The van der Waals surface area contributed by atoms with E-state index in [0.717, 1.165) is 27.2 Å². The molecule has 0 saturated carbocycles. The minimum atomic E-state index is 0.223. The SMILES string of the molecule is C=c1c(=C(O)c2ccc(C)c(C)c2)cnc2ccccc12. The fourth-order valence-electron chi connectivity index (χ4n) is 2.45. The molecule has 0 atom stereocenters. The van der Waals surface area contributed by atoms with Crippen molar-refractivity contribution in [2.75, 3.05) is 0 Å².